The van der Waals surface area contributed by atoms with Gasteiger partial charge in [-0.1, -0.05) is 0 Å². The minimum atomic E-state index is -0.674. The largest absolute Gasteiger partial charge is 0.496 e. The molecule has 0 bridgehead atoms. The fraction of sp³-hybridized carbons (Fsp3) is 0.533. The molecular weight excluding hydrogens is 242 g/mol. The maximum atomic E-state index is 11.6. The highest BCUT2D eigenvalue weighted by Gasteiger charge is 2.29. The van der Waals surface area contributed by atoms with E-state index in [0.29, 0.717) is 0 Å². The van der Waals surface area contributed by atoms with E-state index in [1.54, 1.807) is 7.11 Å². The fourth-order valence-electron chi connectivity index (χ4n) is 2.19. The first kappa shape index (κ1) is 13.9. The van der Waals surface area contributed by atoms with Crippen LogP contribution in [0.2, 0.25) is 0 Å². The third-order valence-corrected chi connectivity index (χ3v) is 3.56. The number of carbonyl (C=O) groups is 1. The Kier molecular flexibility index (Phi) is 4.10. The van der Waals surface area contributed by atoms with Gasteiger partial charge in [-0.25, -0.2) is 0 Å². The van der Waals surface area contributed by atoms with Crippen LogP contribution in [0.3, 0.4) is 0 Å². The lowest BCUT2D eigenvalue weighted by Gasteiger charge is -2.17. The quantitative estimate of drug-likeness (QED) is 0.852. The van der Waals surface area contributed by atoms with Crippen LogP contribution in [0.25, 0.3) is 0 Å². The zero-order chi connectivity index (χ0) is 14.0. The number of carbonyl (C=O) groups excluding carboxylic acids is 1. The lowest BCUT2D eigenvalue weighted by atomic mass is 10.00. The van der Waals surface area contributed by atoms with Crippen molar-refractivity contribution in [2.24, 2.45) is 5.92 Å². The van der Waals surface area contributed by atoms with E-state index in [4.69, 9.17) is 4.74 Å². The summed E-state index contributed by atoms with van der Waals surface area (Å²) in [6.07, 6.45) is 1.28. The van der Waals surface area contributed by atoms with Crippen LogP contribution in [0.15, 0.2) is 12.1 Å². The molecule has 0 radical (unpaired) electrons. The second-order valence-corrected chi connectivity index (χ2v) is 5.21. The summed E-state index contributed by atoms with van der Waals surface area (Å²) in [4.78, 5) is 11.6. The Morgan fingerprint density at radius 2 is 2.11 bits per heavy atom. The Bertz CT molecular complexity index is 481. The average molecular weight is 263 g/mol. The van der Waals surface area contributed by atoms with Gasteiger partial charge in [0.1, 0.15) is 5.75 Å². The molecule has 1 atom stereocenters. The van der Waals surface area contributed by atoms with E-state index in [9.17, 15) is 9.90 Å². The Balaban J connectivity index is 2.03. The number of aliphatic hydroxyl groups is 1. The number of ether oxygens (including phenoxy) is 1. The van der Waals surface area contributed by atoms with Crippen molar-refractivity contribution in [3.8, 4) is 5.75 Å². The number of aliphatic hydroxyl groups excluding tert-OH is 1. The molecule has 1 aromatic rings. The molecular formula is C15H21NO3. The predicted molar refractivity (Wildman–Crippen MR) is 73.2 cm³/mol. The molecule has 1 fully saturated rings. The lowest BCUT2D eigenvalue weighted by molar-refractivity contribution is -0.122. The van der Waals surface area contributed by atoms with Gasteiger partial charge in [-0.15, -0.1) is 0 Å². The average Bonchev–Trinajstić information content (AvgIpc) is 3.22. The Morgan fingerprint density at radius 1 is 1.42 bits per heavy atom. The number of benzene rings is 1. The van der Waals surface area contributed by atoms with Crippen molar-refractivity contribution in [1.82, 2.24) is 5.32 Å². The summed E-state index contributed by atoms with van der Waals surface area (Å²) in [5, 5.41) is 13.0. The van der Waals surface area contributed by atoms with E-state index in [1.165, 1.54) is 0 Å². The highest BCUT2D eigenvalue weighted by Crippen LogP contribution is 2.29. The normalized spacial score (nSPS) is 16.0. The van der Waals surface area contributed by atoms with Crippen LogP contribution >= 0.6 is 0 Å². The highest BCUT2D eigenvalue weighted by molar-refractivity contribution is 5.80. The first-order chi connectivity index (χ1) is 9.02. The van der Waals surface area contributed by atoms with Crippen molar-refractivity contribution in [3.05, 3.63) is 28.8 Å². The molecule has 4 nitrogen and oxygen atoms in total. The first-order valence-electron chi connectivity index (χ1n) is 6.64. The number of aryl methyl sites for hydroxylation is 2. The van der Waals surface area contributed by atoms with Gasteiger partial charge in [0.05, 0.1) is 13.2 Å². The topological polar surface area (TPSA) is 58.6 Å². The van der Waals surface area contributed by atoms with Crippen molar-refractivity contribution in [2.75, 3.05) is 13.7 Å². The molecule has 2 rings (SSSR count). The minimum Gasteiger partial charge on any atom is -0.496 e. The summed E-state index contributed by atoms with van der Waals surface area (Å²) in [7, 11) is 1.63. The molecule has 1 aliphatic carbocycles. The molecule has 104 valence electrons. The van der Waals surface area contributed by atoms with Crippen LogP contribution in [-0.4, -0.2) is 24.7 Å². The maximum absolute atomic E-state index is 11.6. The van der Waals surface area contributed by atoms with Crippen molar-refractivity contribution in [2.45, 2.75) is 32.8 Å². The molecule has 2 N–H and O–H groups in total. The summed E-state index contributed by atoms with van der Waals surface area (Å²) >= 11 is 0. The summed E-state index contributed by atoms with van der Waals surface area (Å²) in [5.74, 6) is 1.04. The number of amides is 1. The van der Waals surface area contributed by atoms with Gasteiger partial charge in [0.15, 0.2) is 0 Å². The molecule has 0 aromatic heterocycles. The van der Waals surface area contributed by atoms with Crippen LogP contribution in [-0.2, 0) is 4.79 Å². The monoisotopic (exact) mass is 263 g/mol. The van der Waals surface area contributed by atoms with E-state index in [-0.39, 0.29) is 18.4 Å². The number of methoxy groups -OCH3 is 1. The van der Waals surface area contributed by atoms with E-state index in [1.807, 2.05) is 26.0 Å². The van der Waals surface area contributed by atoms with Crippen LogP contribution in [0.4, 0.5) is 0 Å². The van der Waals surface area contributed by atoms with Crippen LogP contribution < -0.4 is 10.1 Å². The fourth-order valence-corrected chi connectivity index (χ4v) is 2.19. The molecule has 1 amide bonds. The zero-order valence-corrected chi connectivity index (χ0v) is 11.7. The minimum absolute atomic E-state index is 0.0573. The molecule has 4 heteroatoms. The standard InChI is InChI=1S/C15H21NO3/c1-9-7-14(19-3)10(2)6-12(9)13(17)8-16-15(18)11-4-5-11/h6-7,11,13,17H,4-5,8H2,1-3H3,(H,16,18). The first-order valence-corrected chi connectivity index (χ1v) is 6.64. The summed E-state index contributed by atoms with van der Waals surface area (Å²) in [6, 6.07) is 3.83. The van der Waals surface area contributed by atoms with E-state index in [2.05, 4.69) is 5.32 Å². The third kappa shape index (κ3) is 3.26. The maximum Gasteiger partial charge on any atom is 0.223 e. The second kappa shape index (κ2) is 5.61. The second-order valence-electron chi connectivity index (χ2n) is 5.21. The molecule has 0 aliphatic heterocycles. The molecule has 1 aliphatic rings. The molecule has 0 saturated heterocycles. The molecule has 19 heavy (non-hydrogen) atoms. The van der Waals surface area contributed by atoms with Crippen molar-refractivity contribution >= 4 is 5.91 Å². The molecule has 0 heterocycles. The summed E-state index contributed by atoms with van der Waals surface area (Å²) in [5.41, 5.74) is 2.79. The number of nitrogens with one attached hydrogen (secondary N) is 1. The van der Waals surface area contributed by atoms with Gasteiger partial charge in [0.25, 0.3) is 0 Å². The van der Waals surface area contributed by atoms with E-state index < -0.39 is 6.10 Å². The van der Waals surface area contributed by atoms with Crippen LogP contribution in [0.1, 0.15) is 35.6 Å². The lowest BCUT2D eigenvalue weighted by Crippen LogP contribution is -2.29. The van der Waals surface area contributed by atoms with Gasteiger partial charge in [0.2, 0.25) is 5.91 Å². The van der Waals surface area contributed by atoms with Gasteiger partial charge in [-0.2, -0.15) is 0 Å². The van der Waals surface area contributed by atoms with Gasteiger partial charge >= 0.3 is 0 Å². The van der Waals surface area contributed by atoms with Gasteiger partial charge in [0, 0.05) is 12.5 Å². The van der Waals surface area contributed by atoms with Crippen LogP contribution in [0.5, 0.6) is 5.75 Å². The molecule has 1 saturated carbocycles. The smallest absolute Gasteiger partial charge is 0.223 e. The molecule has 1 unspecified atom stereocenters. The van der Waals surface area contributed by atoms with Gasteiger partial charge < -0.3 is 15.2 Å². The Morgan fingerprint density at radius 3 is 2.68 bits per heavy atom. The Labute approximate surface area is 113 Å². The van der Waals surface area contributed by atoms with Gasteiger partial charge in [-0.3, -0.25) is 4.79 Å². The van der Waals surface area contributed by atoms with Crippen LogP contribution in [0, 0.1) is 19.8 Å². The third-order valence-electron chi connectivity index (χ3n) is 3.56. The zero-order valence-electron chi connectivity index (χ0n) is 11.7. The predicted octanol–water partition coefficient (Wildman–Crippen LogP) is 1.87. The van der Waals surface area contributed by atoms with Crippen molar-refractivity contribution in [1.29, 1.82) is 0 Å². The highest BCUT2D eigenvalue weighted by atomic mass is 16.5. The Hall–Kier alpha value is -1.55. The molecule has 1 aromatic carbocycles. The molecule has 0 spiro atoms. The van der Waals surface area contributed by atoms with E-state index >= 15 is 0 Å². The summed E-state index contributed by atoms with van der Waals surface area (Å²) < 4.78 is 5.25. The van der Waals surface area contributed by atoms with Crippen molar-refractivity contribution < 1.29 is 14.6 Å². The number of rotatable bonds is 5. The van der Waals surface area contributed by atoms with E-state index in [0.717, 1.165) is 35.3 Å². The van der Waals surface area contributed by atoms with Gasteiger partial charge in [-0.05, 0) is 55.5 Å². The van der Waals surface area contributed by atoms with Crippen molar-refractivity contribution in [3.63, 3.8) is 0 Å². The SMILES string of the molecule is COc1cc(C)c(C(O)CNC(=O)C2CC2)cc1C. The summed E-state index contributed by atoms with van der Waals surface area (Å²) in [6.45, 7) is 4.14. The number of hydrogen-bond donors (Lipinski definition) is 2. The number of hydrogen-bond acceptors (Lipinski definition) is 3.